The minimum absolute atomic E-state index is 0.0763. The molecule has 0 aromatic carbocycles. The van der Waals surface area contributed by atoms with Crippen molar-refractivity contribution in [1.82, 2.24) is 19.8 Å². The number of fused-ring (bicyclic) bond motifs is 1. The molecule has 1 N–H and O–H groups in total. The minimum Gasteiger partial charge on any atom is -0.336 e. The fraction of sp³-hybridized carbons (Fsp3) is 0.538. The summed E-state index contributed by atoms with van der Waals surface area (Å²) in [6.07, 6.45) is 2.01. The number of aromatic nitrogens is 2. The van der Waals surface area contributed by atoms with E-state index in [1.54, 1.807) is 6.07 Å². The first-order chi connectivity index (χ1) is 10.0. The van der Waals surface area contributed by atoms with Gasteiger partial charge in [-0.1, -0.05) is 12.1 Å². The van der Waals surface area contributed by atoms with E-state index < -0.39 is 10.0 Å². The SMILES string of the molecule is CCc1noc2ncc(S(=O)(=O)N3CCNC[C@H]3C)cc12. The lowest BCUT2D eigenvalue weighted by Gasteiger charge is -2.32. The molecule has 1 aliphatic heterocycles. The van der Waals surface area contributed by atoms with Crippen molar-refractivity contribution in [1.29, 1.82) is 0 Å². The van der Waals surface area contributed by atoms with Crippen LogP contribution in [0.2, 0.25) is 0 Å². The molecule has 1 aliphatic rings. The van der Waals surface area contributed by atoms with Crippen LogP contribution < -0.4 is 5.32 Å². The van der Waals surface area contributed by atoms with Crippen molar-refractivity contribution in [3.63, 3.8) is 0 Å². The van der Waals surface area contributed by atoms with Gasteiger partial charge in [-0.3, -0.25) is 0 Å². The zero-order chi connectivity index (χ0) is 15.0. The molecule has 21 heavy (non-hydrogen) atoms. The van der Waals surface area contributed by atoms with E-state index in [1.807, 2.05) is 13.8 Å². The van der Waals surface area contributed by atoms with Crippen LogP contribution >= 0.6 is 0 Å². The Balaban J connectivity index is 2.05. The summed E-state index contributed by atoms with van der Waals surface area (Å²) in [6, 6.07) is 1.54. The number of hydrogen-bond acceptors (Lipinski definition) is 6. The molecule has 0 amide bonds. The van der Waals surface area contributed by atoms with Crippen LogP contribution in [0.3, 0.4) is 0 Å². The molecule has 0 unspecified atom stereocenters. The molecule has 1 saturated heterocycles. The zero-order valence-corrected chi connectivity index (χ0v) is 12.9. The van der Waals surface area contributed by atoms with Gasteiger partial charge in [0, 0.05) is 25.7 Å². The van der Waals surface area contributed by atoms with Crippen molar-refractivity contribution < 1.29 is 12.9 Å². The first-order valence-corrected chi connectivity index (χ1v) is 8.45. The highest BCUT2D eigenvalue weighted by Crippen LogP contribution is 2.24. The van der Waals surface area contributed by atoms with Crippen molar-refractivity contribution >= 4 is 21.1 Å². The summed E-state index contributed by atoms with van der Waals surface area (Å²) in [7, 11) is -3.54. The van der Waals surface area contributed by atoms with E-state index in [4.69, 9.17) is 4.52 Å². The monoisotopic (exact) mass is 310 g/mol. The standard InChI is InChI=1S/C13H18N4O3S/c1-3-12-11-6-10(8-15-13(11)20-16-12)21(18,19)17-5-4-14-7-9(17)2/h6,8-9,14H,3-5,7H2,1-2H3/t9-/m1/s1. The smallest absolute Gasteiger partial charge is 0.258 e. The van der Waals surface area contributed by atoms with Crippen LogP contribution in [0, 0.1) is 0 Å². The highest BCUT2D eigenvalue weighted by molar-refractivity contribution is 7.89. The van der Waals surface area contributed by atoms with Gasteiger partial charge in [-0.05, 0) is 19.4 Å². The van der Waals surface area contributed by atoms with Gasteiger partial charge >= 0.3 is 0 Å². The molecular weight excluding hydrogens is 292 g/mol. The molecule has 2 aromatic heterocycles. The van der Waals surface area contributed by atoms with Gasteiger partial charge in [-0.25, -0.2) is 13.4 Å². The molecule has 7 nitrogen and oxygen atoms in total. The number of nitrogens with one attached hydrogen (secondary N) is 1. The third-order valence-corrected chi connectivity index (χ3v) is 5.74. The molecular formula is C13H18N4O3S. The van der Waals surface area contributed by atoms with Gasteiger partial charge in [0.2, 0.25) is 10.0 Å². The van der Waals surface area contributed by atoms with Gasteiger partial charge in [-0.15, -0.1) is 0 Å². The van der Waals surface area contributed by atoms with Gasteiger partial charge in [0.15, 0.2) is 0 Å². The maximum absolute atomic E-state index is 12.8. The summed E-state index contributed by atoms with van der Waals surface area (Å²) in [6.45, 7) is 5.62. The average Bonchev–Trinajstić information content (AvgIpc) is 2.89. The number of pyridine rings is 1. The van der Waals surface area contributed by atoms with Crippen molar-refractivity contribution in [2.24, 2.45) is 0 Å². The van der Waals surface area contributed by atoms with Gasteiger partial charge in [0.05, 0.1) is 17.3 Å². The van der Waals surface area contributed by atoms with Gasteiger partial charge in [-0.2, -0.15) is 4.31 Å². The number of hydrogen-bond donors (Lipinski definition) is 1. The highest BCUT2D eigenvalue weighted by Gasteiger charge is 2.31. The van der Waals surface area contributed by atoms with E-state index in [9.17, 15) is 8.42 Å². The molecule has 1 atom stereocenters. The predicted octanol–water partition coefficient (Wildman–Crippen LogP) is 0.768. The number of piperazine rings is 1. The molecule has 3 heterocycles. The largest absolute Gasteiger partial charge is 0.336 e. The molecule has 1 fully saturated rings. The molecule has 0 bridgehead atoms. The Kier molecular flexibility index (Phi) is 3.68. The van der Waals surface area contributed by atoms with Crippen molar-refractivity contribution in [3.05, 3.63) is 18.0 Å². The predicted molar refractivity (Wildman–Crippen MR) is 77.4 cm³/mol. The fourth-order valence-corrected chi connectivity index (χ4v) is 4.17. The van der Waals surface area contributed by atoms with Crippen LogP contribution in [0.5, 0.6) is 0 Å². The summed E-state index contributed by atoms with van der Waals surface area (Å²) in [5.74, 6) is 0. The zero-order valence-electron chi connectivity index (χ0n) is 12.0. The highest BCUT2D eigenvalue weighted by atomic mass is 32.2. The minimum atomic E-state index is -3.54. The first-order valence-electron chi connectivity index (χ1n) is 7.01. The van der Waals surface area contributed by atoms with E-state index in [0.717, 1.165) is 5.69 Å². The summed E-state index contributed by atoms with van der Waals surface area (Å²) >= 11 is 0. The van der Waals surface area contributed by atoms with E-state index in [0.29, 0.717) is 37.2 Å². The molecule has 2 aromatic rings. The number of rotatable bonds is 3. The maximum Gasteiger partial charge on any atom is 0.258 e. The number of nitrogens with zero attached hydrogens (tertiary/aromatic N) is 3. The Morgan fingerprint density at radius 3 is 3.05 bits per heavy atom. The second kappa shape index (κ2) is 5.36. The first kappa shape index (κ1) is 14.4. The molecule has 0 radical (unpaired) electrons. The molecule has 0 aliphatic carbocycles. The second-order valence-corrected chi connectivity index (χ2v) is 7.07. The Bertz CT molecular complexity index is 756. The summed E-state index contributed by atoms with van der Waals surface area (Å²) in [5, 5.41) is 7.76. The Morgan fingerprint density at radius 1 is 1.52 bits per heavy atom. The van der Waals surface area contributed by atoms with Crippen molar-refractivity contribution in [3.8, 4) is 0 Å². The number of aryl methyl sites for hydroxylation is 1. The van der Waals surface area contributed by atoms with Crippen LogP contribution in [0.4, 0.5) is 0 Å². The van der Waals surface area contributed by atoms with Gasteiger partial charge < -0.3 is 9.84 Å². The average molecular weight is 310 g/mol. The summed E-state index contributed by atoms with van der Waals surface area (Å²) in [5.41, 5.74) is 1.10. The fourth-order valence-electron chi connectivity index (χ4n) is 2.57. The molecule has 3 rings (SSSR count). The second-order valence-electron chi connectivity index (χ2n) is 5.18. The van der Waals surface area contributed by atoms with Crippen molar-refractivity contribution in [2.75, 3.05) is 19.6 Å². The summed E-state index contributed by atoms with van der Waals surface area (Å²) in [4.78, 5) is 4.28. The number of sulfonamides is 1. The normalized spacial score (nSPS) is 21.0. The molecule has 0 spiro atoms. The third kappa shape index (κ3) is 2.43. The lowest BCUT2D eigenvalue weighted by atomic mass is 10.2. The van der Waals surface area contributed by atoms with Crippen LogP contribution in [0.25, 0.3) is 11.1 Å². The Hall–Kier alpha value is -1.51. The van der Waals surface area contributed by atoms with E-state index >= 15 is 0 Å². The van der Waals surface area contributed by atoms with Crippen LogP contribution in [-0.2, 0) is 16.4 Å². The molecule has 8 heteroatoms. The van der Waals surface area contributed by atoms with E-state index in [2.05, 4.69) is 15.5 Å². The topological polar surface area (TPSA) is 88.3 Å². The third-order valence-electron chi connectivity index (χ3n) is 3.76. The molecule has 0 saturated carbocycles. The Morgan fingerprint density at radius 2 is 2.33 bits per heavy atom. The lowest BCUT2D eigenvalue weighted by Crippen LogP contribution is -2.52. The van der Waals surface area contributed by atoms with Crippen LogP contribution in [0.15, 0.2) is 21.7 Å². The molecule has 114 valence electrons. The lowest BCUT2D eigenvalue weighted by molar-refractivity contribution is 0.284. The van der Waals surface area contributed by atoms with Gasteiger partial charge in [0.25, 0.3) is 5.71 Å². The van der Waals surface area contributed by atoms with Crippen LogP contribution in [-0.4, -0.2) is 48.5 Å². The van der Waals surface area contributed by atoms with E-state index in [1.165, 1.54) is 10.5 Å². The quantitative estimate of drug-likeness (QED) is 0.901. The maximum atomic E-state index is 12.8. The van der Waals surface area contributed by atoms with Crippen molar-refractivity contribution in [2.45, 2.75) is 31.2 Å². The van der Waals surface area contributed by atoms with Gasteiger partial charge in [0.1, 0.15) is 4.90 Å². The Labute approximate surface area is 123 Å². The van der Waals surface area contributed by atoms with E-state index in [-0.39, 0.29) is 10.9 Å². The van der Waals surface area contributed by atoms with Crippen LogP contribution in [0.1, 0.15) is 19.5 Å². The summed E-state index contributed by atoms with van der Waals surface area (Å²) < 4.78 is 32.2.